The lowest BCUT2D eigenvalue weighted by Crippen LogP contribution is -2.25. The zero-order chi connectivity index (χ0) is 17.1. The van der Waals surface area contributed by atoms with Gasteiger partial charge in [0.25, 0.3) is 0 Å². The molecule has 0 spiro atoms. The van der Waals surface area contributed by atoms with Crippen LogP contribution < -0.4 is 9.80 Å². The summed E-state index contributed by atoms with van der Waals surface area (Å²) in [7, 11) is 3.47. The highest BCUT2D eigenvalue weighted by atomic mass is 16.2. The van der Waals surface area contributed by atoms with Crippen LogP contribution in [0.25, 0.3) is 11.1 Å². The van der Waals surface area contributed by atoms with Gasteiger partial charge in [-0.2, -0.15) is 0 Å². The van der Waals surface area contributed by atoms with Crippen molar-refractivity contribution in [1.29, 1.82) is 0 Å². The summed E-state index contributed by atoms with van der Waals surface area (Å²) in [5.74, 6) is -0.105. The molecule has 0 saturated carbocycles. The van der Waals surface area contributed by atoms with Crippen molar-refractivity contribution in [2.75, 3.05) is 23.9 Å². The van der Waals surface area contributed by atoms with Gasteiger partial charge >= 0.3 is 0 Å². The number of carbonyl (C=O) groups is 2. The molecule has 23 heavy (non-hydrogen) atoms. The van der Waals surface area contributed by atoms with Gasteiger partial charge in [0, 0.05) is 39.3 Å². The van der Waals surface area contributed by atoms with Crippen LogP contribution in [-0.4, -0.2) is 25.9 Å². The Morgan fingerprint density at radius 3 is 1.74 bits per heavy atom. The molecule has 0 atom stereocenters. The van der Waals surface area contributed by atoms with Crippen molar-refractivity contribution in [2.45, 2.75) is 20.8 Å². The highest BCUT2D eigenvalue weighted by Crippen LogP contribution is 2.32. The van der Waals surface area contributed by atoms with E-state index < -0.39 is 0 Å². The summed E-state index contributed by atoms with van der Waals surface area (Å²) < 4.78 is 0. The Kier molecular flexibility index (Phi) is 4.84. The van der Waals surface area contributed by atoms with Gasteiger partial charge in [-0.3, -0.25) is 9.59 Å². The van der Waals surface area contributed by atoms with Gasteiger partial charge in [0.1, 0.15) is 0 Å². The summed E-state index contributed by atoms with van der Waals surface area (Å²) >= 11 is 0. The van der Waals surface area contributed by atoms with E-state index in [0.717, 1.165) is 28.1 Å². The minimum absolute atomic E-state index is 0.0524. The lowest BCUT2D eigenvalue weighted by Gasteiger charge is -2.22. The summed E-state index contributed by atoms with van der Waals surface area (Å²) in [6, 6.07) is 13.9. The van der Waals surface area contributed by atoms with Crippen LogP contribution in [0.2, 0.25) is 0 Å². The first-order chi connectivity index (χ1) is 10.8. The summed E-state index contributed by atoms with van der Waals surface area (Å²) in [6.45, 7) is 5.09. The molecule has 2 amide bonds. The van der Waals surface area contributed by atoms with E-state index >= 15 is 0 Å². The van der Waals surface area contributed by atoms with E-state index in [9.17, 15) is 9.59 Å². The molecule has 0 saturated heterocycles. The van der Waals surface area contributed by atoms with Gasteiger partial charge in [0.15, 0.2) is 0 Å². The van der Waals surface area contributed by atoms with E-state index in [2.05, 4.69) is 0 Å². The Hall–Kier alpha value is -2.62. The van der Waals surface area contributed by atoms with Crippen LogP contribution in [0.4, 0.5) is 11.4 Å². The average Bonchev–Trinajstić information content (AvgIpc) is 2.53. The van der Waals surface area contributed by atoms with Crippen molar-refractivity contribution < 1.29 is 9.59 Å². The fraction of sp³-hybridized carbons (Fsp3) is 0.263. The van der Waals surface area contributed by atoms with Gasteiger partial charge in [-0.15, -0.1) is 0 Å². The predicted molar refractivity (Wildman–Crippen MR) is 94.8 cm³/mol. The number of carbonyl (C=O) groups excluding carboxylic acids is 2. The van der Waals surface area contributed by atoms with E-state index in [1.54, 1.807) is 23.9 Å². The molecule has 0 radical (unpaired) electrons. The minimum Gasteiger partial charge on any atom is -0.316 e. The summed E-state index contributed by atoms with van der Waals surface area (Å²) in [6.07, 6.45) is 0. The molecule has 120 valence electrons. The van der Waals surface area contributed by atoms with E-state index in [4.69, 9.17) is 0 Å². The summed E-state index contributed by atoms with van der Waals surface area (Å²) in [4.78, 5) is 26.6. The van der Waals surface area contributed by atoms with Crippen LogP contribution in [0.15, 0.2) is 42.5 Å². The number of benzene rings is 2. The number of anilines is 2. The molecule has 4 heteroatoms. The van der Waals surface area contributed by atoms with Crippen LogP contribution in [0.1, 0.15) is 19.4 Å². The highest BCUT2D eigenvalue weighted by molar-refractivity contribution is 5.96. The lowest BCUT2D eigenvalue weighted by molar-refractivity contribution is -0.117. The molecule has 2 aromatic rings. The molecule has 0 aliphatic rings. The van der Waals surface area contributed by atoms with E-state index in [0.29, 0.717) is 0 Å². The van der Waals surface area contributed by atoms with Gasteiger partial charge in [-0.05, 0) is 41.8 Å². The van der Waals surface area contributed by atoms with Gasteiger partial charge in [0.05, 0.1) is 0 Å². The standard InChI is InChI=1S/C19H22N2O2/c1-13-8-6-7-9-19(13)16-10-17(20(4)14(2)22)12-18(11-16)21(5)15(3)23/h6-12H,1-5H3. The SMILES string of the molecule is CC(=O)N(C)c1cc(-c2ccccc2C)cc(N(C)C(C)=O)c1. The first kappa shape index (κ1) is 16.7. The number of nitrogens with zero attached hydrogens (tertiary/aromatic N) is 2. The highest BCUT2D eigenvalue weighted by Gasteiger charge is 2.14. The molecular formula is C19H22N2O2. The van der Waals surface area contributed by atoms with Crippen LogP contribution in [0.3, 0.4) is 0 Å². The molecule has 0 aliphatic heterocycles. The lowest BCUT2D eigenvalue weighted by atomic mass is 9.99. The smallest absolute Gasteiger partial charge is 0.223 e. The summed E-state index contributed by atoms with van der Waals surface area (Å²) in [5, 5.41) is 0. The van der Waals surface area contributed by atoms with Crippen molar-refractivity contribution in [3.63, 3.8) is 0 Å². The molecule has 0 fully saturated rings. The van der Waals surface area contributed by atoms with Crippen molar-refractivity contribution in [1.82, 2.24) is 0 Å². The fourth-order valence-electron chi connectivity index (χ4n) is 2.40. The maximum absolute atomic E-state index is 11.7. The average molecular weight is 310 g/mol. The molecule has 4 nitrogen and oxygen atoms in total. The third-order valence-electron chi connectivity index (χ3n) is 4.08. The van der Waals surface area contributed by atoms with Crippen molar-refractivity contribution >= 4 is 23.2 Å². The normalized spacial score (nSPS) is 10.3. The van der Waals surface area contributed by atoms with Gasteiger partial charge in [-0.1, -0.05) is 24.3 Å². The molecule has 0 heterocycles. The van der Waals surface area contributed by atoms with E-state index in [-0.39, 0.29) is 11.8 Å². The number of amides is 2. The van der Waals surface area contributed by atoms with Gasteiger partial charge in [-0.25, -0.2) is 0 Å². The topological polar surface area (TPSA) is 40.6 Å². The summed E-state index contributed by atoms with van der Waals surface area (Å²) in [5.41, 5.74) is 4.75. The number of aryl methyl sites for hydroxylation is 1. The number of rotatable bonds is 3. The molecule has 0 bridgehead atoms. The van der Waals surface area contributed by atoms with Crippen LogP contribution in [0.5, 0.6) is 0 Å². The zero-order valence-corrected chi connectivity index (χ0v) is 14.3. The molecule has 0 unspecified atom stereocenters. The molecular weight excluding hydrogens is 288 g/mol. The largest absolute Gasteiger partial charge is 0.316 e. The quantitative estimate of drug-likeness (QED) is 0.868. The van der Waals surface area contributed by atoms with Crippen molar-refractivity contribution in [2.24, 2.45) is 0 Å². The Labute approximate surface area is 137 Å². The number of hydrogen-bond donors (Lipinski definition) is 0. The maximum atomic E-state index is 11.7. The second-order valence-electron chi connectivity index (χ2n) is 5.71. The Balaban J connectivity index is 2.64. The van der Waals surface area contributed by atoms with E-state index in [1.807, 2.05) is 49.4 Å². The third kappa shape index (κ3) is 3.59. The van der Waals surface area contributed by atoms with E-state index in [1.165, 1.54) is 13.8 Å². The fourth-order valence-corrected chi connectivity index (χ4v) is 2.40. The monoisotopic (exact) mass is 310 g/mol. The first-order valence-electron chi connectivity index (χ1n) is 7.51. The number of hydrogen-bond acceptors (Lipinski definition) is 2. The second-order valence-corrected chi connectivity index (χ2v) is 5.71. The van der Waals surface area contributed by atoms with Crippen molar-refractivity contribution in [3.05, 3.63) is 48.0 Å². The minimum atomic E-state index is -0.0524. The van der Waals surface area contributed by atoms with Crippen LogP contribution in [0, 0.1) is 6.92 Å². The Morgan fingerprint density at radius 2 is 1.30 bits per heavy atom. The zero-order valence-electron chi connectivity index (χ0n) is 14.3. The predicted octanol–water partition coefficient (Wildman–Crippen LogP) is 3.63. The van der Waals surface area contributed by atoms with Crippen LogP contribution >= 0.6 is 0 Å². The molecule has 2 rings (SSSR count). The van der Waals surface area contributed by atoms with Gasteiger partial charge < -0.3 is 9.80 Å². The Morgan fingerprint density at radius 1 is 0.826 bits per heavy atom. The van der Waals surface area contributed by atoms with Gasteiger partial charge in [0.2, 0.25) is 11.8 Å². The Bertz CT molecular complexity index is 715. The van der Waals surface area contributed by atoms with Crippen molar-refractivity contribution in [3.8, 4) is 11.1 Å². The molecule has 0 aliphatic carbocycles. The third-order valence-corrected chi connectivity index (χ3v) is 4.08. The first-order valence-corrected chi connectivity index (χ1v) is 7.51. The van der Waals surface area contributed by atoms with Crippen LogP contribution in [-0.2, 0) is 9.59 Å². The second kappa shape index (κ2) is 6.65. The molecule has 2 aromatic carbocycles. The molecule has 0 aromatic heterocycles. The maximum Gasteiger partial charge on any atom is 0.223 e. The molecule has 0 N–H and O–H groups in total.